The number of carbonyl (C=O) groups excluding carboxylic acids is 2. The fraction of sp³-hybridized carbons (Fsp3) is 0.379. The van der Waals surface area contributed by atoms with Gasteiger partial charge in [0.25, 0.3) is 0 Å². The van der Waals surface area contributed by atoms with Crippen LogP contribution in [0.25, 0.3) is 22.4 Å². The number of benzene rings is 2. The summed E-state index contributed by atoms with van der Waals surface area (Å²) in [5.41, 5.74) is 5.66. The second kappa shape index (κ2) is 11.0. The molecule has 0 atom stereocenters. The van der Waals surface area contributed by atoms with Gasteiger partial charge in [0.15, 0.2) is 0 Å². The number of hydrogen-bond acceptors (Lipinski definition) is 7. The molecular formula is C29H32N4O5. The lowest BCUT2D eigenvalue weighted by Gasteiger charge is -2.19. The van der Waals surface area contributed by atoms with Crippen molar-refractivity contribution < 1.29 is 23.8 Å². The number of nitrogens with one attached hydrogen (secondary N) is 1. The van der Waals surface area contributed by atoms with Crippen molar-refractivity contribution in [2.24, 2.45) is 0 Å². The number of methoxy groups -OCH3 is 2. The van der Waals surface area contributed by atoms with E-state index in [1.807, 2.05) is 51.1 Å². The highest BCUT2D eigenvalue weighted by Gasteiger charge is 2.30. The Balaban J connectivity index is 1.67. The highest BCUT2D eigenvalue weighted by Crippen LogP contribution is 2.41. The summed E-state index contributed by atoms with van der Waals surface area (Å²) in [6.45, 7) is 6.21. The Bertz CT molecular complexity index is 1410. The van der Waals surface area contributed by atoms with Crippen LogP contribution in [-0.4, -0.2) is 48.2 Å². The predicted octanol–water partition coefficient (Wildman–Crippen LogP) is 4.90. The fourth-order valence-corrected chi connectivity index (χ4v) is 4.63. The van der Waals surface area contributed by atoms with E-state index in [-0.39, 0.29) is 0 Å². The molecule has 0 fully saturated rings. The summed E-state index contributed by atoms with van der Waals surface area (Å²) in [6.07, 6.45) is 1.41. The summed E-state index contributed by atoms with van der Waals surface area (Å²) in [7, 11) is 2.99. The maximum Gasteiger partial charge on any atom is 0.407 e. The minimum absolute atomic E-state index is 0.368. The Morgan fingerprint density at radius 3 is 2.61 bits per heavy atom. The lowest BCUT2D eigenvalue weighted by Crippen LogP contribution is -2.33. The Labute approximate surface area is 222 Å². The molecule has 0 unspecified atom stereocenters. The molecule has 1 heterocycles. The number of rotatable bonds is 7. The van der Waals surface area contributed by atoms with Crippen molar-refractivity contribution in [1.29, 1.82) is 5.26 Å². The molecule has 0 bridgehead atoms. The molecule has 1 amide bonds. The van der Waals surface area contributed by atoms with Crippen LogP contribution in [0.4, 0.5) is 4.79 Å². The van der Waals surface area contributed by atoms with Crippen LogP contribution >= 0.6 is 0 Å². The molecule has 9 nitrogen and oxygen atoms in total. The first kappa shape index (κ1) is 26.7. The summed E-state index contributed by atoms with van der Waals surface area (Å²) in [5.74, 6) is 0.265. The zero-order chi connectivity index (χ0) is 27.4. The molecule has 1 aromatic heterocycles. The zero-order valence-corrected chi connectivity index (χ0v) is 22.4. The lowest BCUT2D eigenvalue weighted by atomic mass is 9.86. The third-order valence-corrected chi connectivity index (χ3v) is 6.27. The number of fused-ring (bicyclic) bond motifs is 3. The van der Waals surface area contributed by atoms with Gasteiger partial charge in [-0.05, 0) is 75.4 Å². The molecule has 4 rings (SSSR count). The van der Waals surface area contributed by atoms with Crippen LogP contribution in [0, 0.1) is 11.3 Å². The largest absolute Gasteiger partial charge is 0.496 e. The molecule has 1 aliphatic rings. The molecule has 198 valence electrons. The van der Waals surface area contributed by atoms with Gasteiger partial charge in [-0.25, -0.2) is 9.59 Å². The molecule has 0 aliphatic heterocycles. The summed E-state index contributed by atoms with van der Waals surface area (Å²) in [6, 6.07) is 13.6. The van der Waals surface area contributed by atoms with Gasteiger partial charge in [-0.3, -0.25) is 4.68 Å². The van der Waals surface area contributed by atoms with Crippen LogP contribution in [0.3, 0.4) is 0 Å². The van der Waals surface area contributed by atoms with Crippen LogP contribution in [-0.2, 0) is 28.9 Å². The molecule has 1 N–H and O–H groups in total. The van der Waals surface area contributed by atoms with Gasteiger partial charge in [-0.15, -0.1) is 0 Å². The Morgan fingerprint density at radius 2 is 1.92 bits per heavy atom. The number of amides is 1. The lowest BCUT2D eigenvalue weighted by molar-refractivity contribution is 0.0522. The van der Waals surface area contributed by atoms with E-state index in [1.165, 1.54) is 7.11 Å². The summed E-state index contributed by atoms with van der Waals surface area (Å²) in [4.78, 5) is 24.8. The van der Waals surface area contributed by atoms with Crippen molar-refractivity contribution in [3.05, 3.63) is 58.8 Å². The first-order valence-corrected chi connectivity index (χ1v) is 12.5. The van der Waals surface area contributed by atoms with Crippen LogP contribution in [0.1, 0.15) is 54.4 Å². The van der Waals surface area contributed by atoms with E-state index in [9.17, 15) is 14.9 Å². The van der Waals surface area contributed by atoms with Gasteiger partial charge in [0.1, 0.15) is 17.0 Å². The quantitative estimate of drug-likeness (QED) is 0.351. The van der Waals surface area contributed by atoms with Gasteiger partial charge < -0.3 is 19.5 Å². The number of esters is 1. The average Bonchev–Trinajstić information content (AvgIpc) is 3.27. The van der Waals surface area contributed by atoms with Gasteiger partial charge >= 0.3 is 12.1 Å². The summed E-state index contributed by atoms with van der Waals surface area (Å²) >= 11 is 0. The van der Waals surface area contributed by atoms with Gasteiger partial charge in [0.2, 0.25) is 0 Å². The van der Waals surface area contributed by atoms with E-state index in [0.29, 0.717) is 49.4 Å². The monoisotopic (exact) mass is 516 g/mol. The molecule has 0 spiro atoms. The number of aromatic nitrogens is 2. The Kier molecular flexibility index (Phi) is 7.72. The summed E-state index contributed by atoms with van der Waals surface area (Å²) < 4.78 is 17.8. The summed E-state index contributed by atoms with van der Waals surface area (Å²) in [5, 5.41) is 16.9. The first-order valence-electron chi connectivity index (χ1n) is 12.5. The number of aryl methyl sites for hydroxylation is 2. The van der Waals surface area contributed by atoms with Crippen LogP contribution < -0.4 is 10.1 Å². The predicted molar refractivity (Wildman–Crippen MR) is 142 cm³/mol. The van der Waals surface area contributed by atoms with Crippen molar-refractivity contribution in [3.8, 4) is 34.2 Å². The molecule has 3 aromatic rings. The molecule has 9 heteroatoms. The molecular weight excluding hydrogens is 484 g/mol. The van der Waals surface area contributed by atoms with Crippen LogP contribution in [0.2, 0.25) is 0 Å². The van der Waals surface area contributed by atoms with E-state index in [0.717, 1.165) is 33.5 Å². The maximum atomic E-state index is 12.8. The van der Waals surface area contributed by atoms with Gasteiger partial charge in [-0.1, -0.05) is 12.1 Å². The van der Waals surface area contributed by atoms with E-state index < -0.39 is 17.7 Å². The Morgan fingerprint density at radius 1 is 1.13 bits per heavy atom. The minimum Gasteiger partial charge on any atom is -0.496 e. The maximum absolute atomic E-state index is 12.8. The van der Waals surface area contributed by atoms with Crippen molar-refractivity contribution >= 4 is 12.1 Å². The van der Waals surface area contributed by atoms with Gasteiger partial charge in [0, 0.05) is 29.8 Å². The topological polar surface area (TPSA) is 115 Å². The fourth-order valence-electron chi connectivity index (χ4n) is 4.63. The first-order chi connectivity index (χ1) is 18.1. The highest BCUT2D eigenvalue weighted by atomic mass is 16.6. The van der Waals surface area contributed by atoms with E-state index >= 15 is 0 Å². The smallest absolute Gasteiger partial charge is 0.407 e. The third kappa shape index (κ3) is 5.65. The second-order valence-electron chi connectivity index (χ2n) is 10.1. The normalized spacial score (nSPS) is 12.1. The van der Waals surface area contributed by atoms with Crippen LogP contribution in [0.5, 0.6) is 5.75 Å². The van der Waals surface area contributed by atoms with Crippen molar-refractivity contribution in [2.75, 3.05) is 20.8 Å². The SMILES string of the molecule is COC(=O)c1c2c(nn1CCCNC(=O)OC(C)(C)C)-c1cc(-c3cccc(C#N)c3)c(OC)cc1CC2. The second-order valence-corrected chi connectivity index (χ2v) is 10.1. The van der Waals surface area contributed by atoms with Crippen molar-refractivity contribution in [3.63, 3.8) is 0 Å². The number of ether oxygens (including phenoxy) is 3. The van der Waals surface area contributed by atoms with E-state index in [4.69, 9.17) is 19.3 Å². The molecule has 0 saturated carbocycles. The molecule has 2 aromatic carbocycles. The zero-order valence-electron chi connectivity index (χ0n) is 22.4. The number of alkyl carbamates (subject to hydrolysis) is 1. The highest BCUT2D eigenvalue weighted by molar-refractivity contribution is 5.93. The van der Waals surface area contributed by atoms with Crippen LogP contribution in [0.15, 0.2) is 36.4 Å². The number of nitriles is 1. The standard InChI is InChI=1S/C29H32N4O5/c1-29(2,3)38-28(35)31-12-7-13-33-26(27(34)37-5)21-11-10-20-15-24(36-4)22(16-23(20)25(21)32-33)19-9-6-8-18(14-19)17-30/h6,8-9,14-16H,7,10-13H2,1-5H3,(H,31,35). The number of hydrogen-bond donors (Lipinski definition) is 1. The van der Waals surface area contributed by atoms with E-state index in [2.05, 4.69) is 11.4 Å². The molecule has 0 saturated heterocycles. The molecule has 38 heavy (non-hydrogen) atoms. The Hall–Kier alpha value is -4.32. The molecule has 1 aliphatic carbocycles. The average molecular weight is 517 g/mol. The van der Waals surface area contributed by atoms with Gasteiger partial charge in [-0.2, -0.15) is 10.4 Å². The number of carbonyl (C=O) groups is 2. The van der Waals surface area contributed by atoms with Crippen molar-refractivity contribution in [1.82, 2.24) is 15.1 Å². The van der Waals surface area contributed by atoms with E-state index in [1.54, 1.807) is 17.9 Å². The minimum atomic E-state index is -0.575. The van der Waals surface area contributed by atoms with Gasteiger partial charge in [0.05, 0.1) is 31.5 Å². The number of nitrogens with zero attached hydrogens (tertiary/aromatic N) is 3. The molecule has 0 radical (unpaired) electrons. The third-order valence-electron chi connectivity index (χ3n) is 6.27. The van der Waals surface area contributed by atoms with Crippen molar-refractivity contribution in [2.45, 2.75) is 52.2 Å².